The van der Waals surface area contributed by atoms with Gasteiger partial charge in [-0.25, -0.2) is 9.82 Å². The predicted octanol–water partition coefficient (Wildman–Crippen LogP) is 4.19. The van der Waals surface area contributed by atoms with E-state index >= 15 is 0 Å². The summed E-state index contributed by atoms with van der Waals surface area (Å²) in [6, 6.07) is 14.4. The van der Waals surface area contributed by atoms with E-state index in [0.717, 1.165) is 17.3 Å². The minimum Gasteiger partial charge on any atom is -0.272 e. The Morgan fingerprint density at radius 2 is 1.91 bits per heavy atom. The Balaban J connectivity index is 1.80. The van der Waals surface area contributed by atoms with Gasteiger partial charge in [0.1, 0.15) is 5.82 Å². The molecule has 0 aliphatic carbocycles. The highest BCUT2D eigenvalue weighted by Crippen LogP contribution is 2.20. The fourth-order valence-corrected chi connectivity index (χ4v) is 2.62. The number of nitrogens with one attached hydrogen (secondary N) is 1. The number of carbonyl (C=O) groups excluding carboxylic acids is 1. The van der Waals surface area contributed by atoms with Gasteiger partial charge in [-0.15, -0.1) is 11.8 Å². The van der Waals surface area contributed by atoms with Crippen LogP contribution in [0.2, 0.25) is 0 Å². The molecule has 0 radical (unpaired) electrons. The molecule has 0 bridgehead atoms. The van der Waals surface area contributed by atoms with E-state index in [4.69, 9.17) is 0 Å². The molecular formula is C18H19FN2OS. The van der Waals surface area contributed by atoms with Gasteiger partial charge in [0, 0.05) is 4.90 Å². The minimum absolute atomic E-state index is 0.116. The summed E-state index contributed by atoms with van der Waals surface area (Å²) in [5.41, 5.74) is 4.62. The average Bonchev–Trinajstić information content (AvgIpc) is 2.54. The largest absolute Gasteiger partial charge is 0.272 e. The fourth-order valence-electron chi connectivity index (χ4n) is 1.88. The highest BCUT2D eigenvalue weighted by molar-refractivity contribution is 8.00. The summed E-state index contributed by atoms with van der Waals surface area (Å²) in [5.74, 6) is 0.00771. The summed E-state index contributed by atoms with van der Waals surface area (Å²) in [4.78, 5) is 12.1. The van der Waals surface area contributed by atoms with Gasteiger partial charge in [-0.05, 0) is 29.2 Å². The standard InChI is InChI=1S/C18H19FN2OS/c1-13(2)15-9-7-14(8-10-15)11-20-21-18(22)12-23-17-6-4-3-5-16(17)19/h3-11,13H,12H2,1-2H3,(H,21,22)/b20-11+. The van der Waals surface area contributed by atoms with Crippen molar-refractivity contribution in [3.05, 3.63) is 65.5 Å². The van der Waals surface area contributed by atoms with Crippen LogP contribution in [0.15, 0.2) is 58.5 Å². The zero-order chi connectivity index (χ0) is 16.7. The van der Waals surface area contributed by atoms with E-state index in [2.05, 4.69) is 24.4 Å². The van der Waals surface area contributed by atoms with Crippen LogP contribution in [-0.2, 0) is 4.79 Å². The Morgan fingerprint density at radius 1 is 1.22 bits per heavy atom. The summed E-state index contributed by atoms with van der Waals surface area (Å²) in [7, 11) is 0. The van der Waals surface area contributed by atoms with Gasteiger partial charge in [-0.1, -0.05) is 50.2 Å². The van der Waals surface area contributed by atoms with Crippen LogP contribution < -0.4 is 5.43 Å². The number of hydrogen-bond donors (Lipinski definition) is 1. The maximum atomic E-state index is 13.4. The number of amides is 1. The Bertz CT molecular complexity index is 684. The minimum atomic E-state index is -0.320. The number of carbonyl (C=O) groups is 1. The summed E-state index contributed by atoms with van der Waals surface area (Å²) in [6.07, 6.45) is 1.59. The summed E-state index contributed by atoms with van der Waals surface area (Å²) in [6.45, 7) is 4.27. The molecule has 2 aromatic rings. The van der Waals surface area contributed by atoms with Crippen molar-refractivity contribution in [3.8, 4) is 0 Å². The summed E-state index contributed by atoms with van der Waals surface area (Å²) in [5, 5.41) is 3.92. The van der Waals surface area contributed by atoms with Crippen LogP contribution in [0.1, 0.15) is 30.9 Å². The Hall–Kier alpha value is -2.14. The Morgan fingerprint density at radius 3 is 2.57 bits per heavy atom. The van der Waals surface area contributed by atoms with E-state index in [9.17, 15) is 9.18 Å². The molecule has 2 rings (SSSR count). The Kier molecular flexibility index (Phi) is 6.35. The molecular weight excluding hydrogens is 311 g/mol. The first kappa shape index (κ1) is 17.2. The first-order valence-corrected chi connectivity index (χ1v) is 8.34. The maximum absolute atomic E-state index is 13.4. The van der Waals surface area contributed by atoms with Crippen molar-refractivity contribution < 1.29 is 9.18 Å². The highest BCUT2D eigenvalue weighted by Gasteiger charge is 2.05. The predicted molar refractivity (Wildman–Crippen MR) is 93.4 cm³/mol. The molecule has 0 atom stereocenters. The van der Waals surface area contributed by atoms with E-state index < -0.39 is 0 Å². The fraction of sp³-hybridized carbons (Fsp3) is 0.222. The lowest BCUT2D eigenvalue weighted by molar-refractivity contribution is -0.118. The second kappa shape index (κ2) is 8.48. The van der Waals surface area contributed by atoms with Gasteiger partial charge < -0.3 is 0 Å². The molecule has 3 nitrogen and oxygen atoms in total. The quantitative estimate of drug-likeness (QED) is 0.490. The van der Waals surface area contributed by atoms with E-state index in [1.807, 2.05) is 24.3 Å². The van der Waals surface area contributed by atoms with E-state index in [-0.39, 0.29) is 17.5 Å². The van der Waals surface area contributed by atoms with Crippen LogP contribution in [-0.4, -0.2) is 17.9 Å². The molecule has 0 spiro atoms. The third kappa shape index (κ3) is 5.53. The molecule has 5 heteroatoms. The van der Waals surface area contributed by atoms with Gasteiger partial charge in [0.2, 0.25) is 5.91 Å². The van der Waals surface area contributed by atoms with Crippen molar-refractivity contribution in [2.45, 2.75) is 24.7 Å². The van der Waals surface area contributed by atoms with Gasteiger partial charge in [0.15, 0.2) is 0 Å². The number of hydrogen-bond acceptors (Lipinski definition) is 3. The zero-order valence-corrected chi connectivity index (χ0v) is 13.9. The van der Waals surface area contributed by atoms with Gasteiger partial charge in [-0.3, -0.25) is 4.79 Å². The van der Waals surface area contributed by atoms with E-state index in [1.165, 1.54) is 11.6 Å². The third-order valence-corrected chi connectivity index (χ3v) is 4.25. The molecule has 1 amide bonds. The lowest BCUT2D eigenvalue weighted by atomic mass is 10.0. The van der Waals surface area contributed by atoms with Crippen molar-refractivity contribution >= 4 is 23.9 Å². The number of thioether (sulfide) groups is 1. The van der Waals surface area contributed by atoms with Crippen molar-refractivity contribution in [2.24, 2.45) is 5.10 Å². The monoisotopic (exact) mass is 330 g/mol. The van der Waals surface area contributed by atoms with Crippen LogP contribution in [0, 0.1) is 5.82 Å². The molecule has 0 fully saturated rings. The topological polar surface area (TPSA) is 41.5 Å². The molecule has 0 heterocycles. The first-order chi connectivity index (χ1) is 11.1. The maximum Gasteiger partial charge on any atom is 0.250 e. The van der Waals surface area contributed by atoms with Gasteiger partial charge >= 0.3 is 0 Å². The summed E-state index contributed by atoms with van der Waals surface area (Å²) >= 11 is 1.15. The number of halogens is 1. The van der Waals surface area contributed by atoms with Crippen LogP contribution in [0.5, 0.6) is 0 Å². The molecule has 2 aromatic carbocycles. The lowest BCUT2D eigenvalue weighted by Gasteiger charge is -2.04. The molecule has 0 aliphatic heterocycles. The highest BCUT2D eigenvalue weighted by atomic mass is 32.2. The molecule has 1 N–H and O–H groups in total. The molecule has 120 valence electrons. The molecule has 0 saturated carbocycles. The van der Waals surface area contributed by atoms with Crippen molar-refractivity contribution in [1.82, 2.24) is 5.43 Å². The Labute approximate surface area is 140 Å². The van der Waals surface area contributed by atoms with Crippen molar-refractivity contribution in [1.29, 1.82) is 0 Å². The molecule has 0 unspecified atom stereocenters. The van der Waals surface area contributed by atoms with Gasteiger partial charge in [0.25, 0.3) is 0 Å². The lowest BCUT2D eigenvalue weighted by Crippen LogP contribution is -2.19. The second-order valence-corrected chi connectivity index (χ2v) is 6.35. The zero-order valence-electron chi connectivity index (χ0n) is 13.1. The van der Waals surface area contributed by atoms with Crippen LogP contribution in [0.4, 0.5) is 4.39 Å². The molecule has 0 aromatic heterocycles. The van der Waals surface area contributed by atoms with Crippen molar-refractivity contribution in [3.63, 3.8) is 0 Å². The number of rotatable bonds is 6. The molecule has 0 saturated heterocycles. The average molecular weight is 330 g/mol. The smallest absolute Gasteiger partial charge is 0.250 e. The first-order valence-electron chi connectivity index (χ1n) is 7.35. The second-order valence-electron chi connectivity index (χ2n) is 5.33. The third-order valence-electron chi connectivity index (χ3n) is 3.20. The normalized spacial score (nSPS) is 11.1. The number of nitrogens with zero attached hydrogens (tertiary/aromatic N) is 1. The molecule has 23 heavy (non-hydrogen) atoms. The van der Waals surface area contributed by atoms with Gasteiger partial charge in [0.05, 0.1) is 12.0 Å². The number of hydrazone groups is 1. The SMILES string of the molecule is CC(C)c1ccc(/C=N/NC(=O)CSc2ccccc2F)cc1. The molecule has 0 aliphatic rings. The number of benzene rings is 2. The summed E-state index contributed by atoms with van der Waals surface area (Å²) < 4.78 is 13.4. The van der Waals surface area contributed by atoms with E-state index in [0.29, 0.717) is 10.8 Å². The van der Waals surface area contributed by atoms with Crippen LogP contribution in [0.25, 0.3) is 0 Å². The van der Waals surface area contributed by atoms with Crippen LogP contribution in [0.3, 0.4) is 0 Å². The van der Waals surface area contributed by atoms with Crippen molar-refractivity contribution in [2.75, 3.05) is 5.75 Å². The van der Waals surface area contributed by atoms with Crippen LogP contribution >= 0.6 is 11.8 Å². The van der Waals surface area contributed by atoms with E-state index in [1.54, 1.807) is 24.4 Å². The van der Waals surface area contributed by atoms with Gasteiger partial charge in [-0.2, -0.15) is 5.10 Å².